The summed E-state index contributed by atoms with van der Waals surface area (Å²) in [6.45, 7) is 6.61. The van der Waals surface area contributed by atoms with Gasteiger partial charge in [0.2, 0.25) is 11.1 Å². The van der Waals surface area contributed by atoms with Gasteiger partial charge in [0.15, 0.2) is 0 Å². The van der Waals surface area contributed by atoms with Gasteiger partial charge < -0.3 is 4.90 Å². The van der Waals surface area contributed by atoms with Gasteiger partial charge in [-0.3, -0.25) is 9.48 Å². The third-order valence-electron chi connectivity index (χ3n) is 5.69. The Morgan fingerprint density at radius 1 is 1.07 bits per heavy atom. The van der Waals surface area contributed by atoms with Gasteiger partial charge in [-0.15, -0.1) is 5.10 Å². The summed E-state index contributed by atoms with van der Waals surface area (Å²) < 4.78 is 1.65. The Labute approximate surface area is 176 Å². The molecule has 150 valence electrons. The monoisotopic (exact) mass is 406 g/mol. The number of thioether (sulfide) groups is 1. The Hall–Kier alpha value is -2.60. The molecule has 29 heavy (non-hydrogen) atoms. The molecular formula is C23H26N4OS. The topological polar surface area (TPSA) is 51.0 Å². The molecule has 0 saturated heterocycles. The molecule has 0 unspecified atom stereocenters. The Bertz CT molecular complexity index is 1030. The van der Waals surface area contributed by atoms with Gasteiger partial charge in [0.05, 0.1) is 5.75 Å². The van der Waals surface area contributed by atoms with E-state index in [2.05, 4.69) is 73.3 Å². The van der Waals surface area contributed by atoms with Crippen molar-refractivity contribution >= 4 is 23.4 Å². The molecular weight excluding hydrogens is 380 g/mol. The van der Waals surface area contributed by atoms with E-state index >= 15 is 0 Å². The molecule has 0 N–H and O–H groups in total. The third-order valence-corrected chi connectivity index (χ3v) is 6.53. The first-order valence-corrected chi connectivity index (χ1v) is 10.8. The van der Waals surface area contributed by atoms with Gasteiger partial charge in [0, 0.05) is 23.7 Å². The van der Waals surface area contributed by atoms with Crippen molar-refractivity contribution in [1.29, 1.82) is 0 Å². The molecule has 1 aliphatic heterocycles. The first-order chi connectivity index (χ1) is 13.8. The summed E-state index contributed by atoms with van der Waals surface area (Å²) in [7, 11) is 1.83. The highest BCUT2D eigenvalue weighted by Gasteiger charge is 2.47. The first kappa shape index (κ1) is 19.7. The van der Waals surface area contributed by atoms with Gasteiger partial charge in [-0.1, -0.05) is 67.2 Å². The Kier molecular flexibility index (Phi) is 4.99. The fourth-order valence-corrected chi connectivity index (χ4v) is 5.30. The van der Waals surface area contributed by atoms with Crippen molar-refractivity contribution in [1.82, 2.24) is 14.8 Å². The number of para-hydroxylation sites is 1. The molecule has 0 spiro atoms. The largest absolute Gasteiger partial charge is 0.306 e. The lowest BCUT2D eigenvalue weighted by Gasteiger charge is -2.51. The second-order valence-corrected chi connectivity index (χ2v) is 9.37. The highest BCUT2D eigenvalue weighted by molar-refractivity contribution is 7.99. The number of benzene rings is 2. The van der Waals surface area contributed by atoms with Crippen molar-refractivity contribution in [2.45, 2.75) is 43.3 Å². The van der Waals surface area contributed by atoms with Crippen LogP contribution in [0.2, 0.25) is 0 Å². The minimum absolute atomic E-state index is 0.0787. The molecule has 0 radical (unpaired) electrons. The molecule has 3 aromatic rings. The quantitative estimate of drug-likeness (QED) is 0.602. The Morgan fingerprint density at radius 3 is 2.45 bits per heavy atom. The second kappa shape index (κ2) is 7.34. The molecule has 1 aromatic heterocycles. The van der Waals surface area contributed by atoms with Crippen LogP contribution in [0.5, 0.6) is 0 Å². The second-order valence-electron chi connectivity index (χ2n) is 8.42. The van der Waals surface area contributed by atoms with E-state index in [0.29, 0.717) is 10.9 Å². The van der Waals surface area contributed by atoms with Crippen LogP contribution in [0.25, 0.3) is 0 Å². The standard InChI is InChI=1S/C23H26N4OS/c1-22(2)15-23(3,17-10-6-5-7-11-17)18-12-8-9-13-19(18)27(22)20(28)14-29-21-24-16-26(4)25-21/h5-13,16H,14-15H2,1-4H3/t23-/m1/s1. The van der Waals surface area contributed by atoms with Crippen molar-refractivity contribution in [3.63, 3.8) is 0 Å². The number of rotatable bonds is 4. The average Bonchev–Trinajstić information content (AvgIpc) is 3.11. The highest BCUT2D eigenvalue weighted by atomic mass is 32.2. The van der Waals surface area contributed by atoms with Gasteiger partial charge in [0.1, 0.15) is 6.33 Å². The number of nitrogens with zero attached hydrogens (tertiary/aromatic N) is 4. The predicted octanol–water partition coefficient (Wildman–Crippen LogP) is 4.43. The number of aromatic nitrogens is 3. The minimum Gasteiger partial charge on any atom is -0.306 e. The van der Waals surface area contributed by atoms with E-state index in [1.54, 1.807) is 11.0 Å². The van der Waals surface area contributed by atoms with Gasteiger partial charge in [-0.2, -0.15) is 0 Å². The number of anilines is 1. The van der Waals surface area contributed by atoms with Gasteiger partial charge >= 0.3 is 0 Å². The van der Waals surface area contributed by atoms with Crippen molar-refractivity contribution in [2.24, 2.45) is 7.05 Å². The number of aryl methyl sites for hydroxylation is 1. The van der Waals surface area contributed by atoms with Gasteiger partial charge in [0.25, 0.3) is 0 Å². The zero-order chi connectivity index (χ0) is 20.6. The Morgan fingerprint density at radius 2 is 1.76 bits per heavy atom. The maximum absolute atomic E-state index is 13.3. The van der Waals surface area contributed by atoms with E-state index in [1.807, 2.05) is 24.1 Å². The maximum atomic E-state index is 13.3. The average molecular weight is 407 g/mol. The number of carbonyl (C=O) groups excluding carboxylic acids is 1. The lowest BCUT2D eigenvalue weighted by molar-refractivity contribution is -0.117. The normalized spacial score (nSPS) is 20.3. The smallest absolute Gasteiger partial charge is 0.237 e. The molecule has 0 bridgehead atoms. The van der Waals surface area contributed by atoms with Crippen molar-refractivity contribution in [3.8, 4) is 0 Å². The van der Waals surface area contributed by atoms with E-state index in [9.17, 15) is 4.79 Å². The predicted molar refractivity (Wildman–Crippen MR) is 117 cm³/mol. The fourth-order valence-electron chi connectivity index (χ4n) is 4.61. The molecule has 0 aliphatic carbocycles. The summed E-state index contributed by atoms with van der Waals surface area (Å²) in [5, 5.41) is 4.89. The molecule has 0 fully saturated rings. The molecule has 4 rings (SSSR count). The van der Waals surface area contributed by atoms with Crippen molar-refractivity contribution < 1.29 is 4.79 Å². The first-order valence-electron chi connectivity index (χ1n) is 9.78. The number of hydrogen-bond acceptors (Lipinski definition) is 4. The zero-order valence-electron chi connectivity index (χ0n) is 17.3. The van der Waals surface area contributed by atoms with E-state index < -0.39 is 0 Å². The minimum atomic E-state index is -0.325. The summed E-state index contributed by atoms with van der Waals surface area (Å²) in [6.07, 6.45) is 2.50. The molecule has 1 atom stereocenters. The van der Waals surface area contributed by atoms with Crippen LogP contribution in [0.1, 0.15) is 38.3 Å². The van der Waals surface area contributed by atoms with Crippen LogP contribution in [0.3, 0.4) is 0 Å². The number of fused-ring (bicyclic) bond motifs is 1. The zero-order valence-corrected chi connectivity index (χ0v) is 18.1. The fraction of sp³-hybridized carbons (Fsp3) is 0.348. The van der Waals surface area contributed by atoms with Crippen LogP contribution in [0.15, 0.2) is 66.1 Å². The molecule has 2 heterocycles. The van der Waals surface area contributed by atoms with Crippen LogP contribution in [0, 0.1) is 0 Å². The lowest BCUT2D eigenvalue weighted by atomic mass is 9.65. The number of hydrogen-bond donors (Lipinski definition) is 0. The van der Waals surface area contributed by atoms with Crippen LogP contribution in [0.4, 0.5) is 5.69 Å². The summed E-state index contributed by atoms with van der Waals surface area (Å²) in [5.74, 6) is 0.388. The van der Waals surface area contributed by atoms with Crippen LogP contribution in [-0.4, -0.2) is 32.0 Å². The Balaban J connectivity index is 1.71. The summed E-state index contributed by atoms with van der Waals surface area (Å²) in [6, 6.07) is 18.9. The molecule has 1 amide bonds. The van der Waals surface area contributed by atoms with E-state index in [-0.39, 0.29) is 16.9 Å². The van der Waals surface area contributed by atoms with Crippen molar-refractivity contribution in [3.05, 3.63) is 72.1 Å². The molecule has 5 nitrogen and oxygen atoms in total. The summed E-state index contributed by atoms with van der Waals surface area (Å²) in [4.78, 5) is 19.5. The third kappa shape index (κ3) is 3.57. The molecule has 2 aromatic carbocycles. The van der Waals surface area contributed by atoms with Crippen LogP contribution >= 0.6 is 11.8 Å². The van der Waals surface area contributed by atoms with Crippen LogP contribution < -0.4 is 4.90 Å². The molecule has 0 saturated carbocycles. The van der Waals surface area contributed by atoms with E-state index in [1.165, 1.54) is 22.9 Å². The van der Waals surface area contributed by atoms with Crippen molar-refractivity contribution in [2.75, 3.05) is 10.7 Å². The van der Waals surface area contributed by atoms with E-state index in [0.717, 1.165) is 12.1 Å². The number of carbonyl (C=O) groups is 1. The highest BCUT2D eigenvalue weighted by Crippen LogP contribution is 2.50. The summed E-state index contributed by atoms with van der Waals surface area (Å²) >= 11 is 1.38. The van der Waals surface area contributed by atoms with Gasteiger partial charge in [-0.05, 0) is 37.5 Å². The summed E-state index contributed by atoms with van der Waals surface area (Å²) in [5.41, 5.74) is 2.98. The maximum Gasteiger partial charge on any atom is 0.237 e. The van der Waals surface area contributed by atoms with E-state index in [4.69, 9.17) is 0 Å². The molecule has 6 heteroatoms. The van der Waals surface area contributed by atoms with Gasteiger partial charge in [-0.25, -0.2) is 4.98 Å². The molecule has 1 aliphatic rings. The SMILES string of the molecule is Cn1cnc(SCC(=O)N2c3ccccc3[C@@](C)(c3ccccc3)CC2(C)C)n1. The number of amides is 1. The lowest BCUT2D eigenvalue weighted by Crippen LogP contribution is -2.56. The van der Waals surface area contributed by atoms with Crippen LogP contribution in [-0.2, 0) is 17.3 Å².